The van der Waals surface area contributed by atoms with E-state index < -0.39 is 50.7 Å². The standard InChI is InChI=1S/C16H20ClF3NO6P/c1-4-25-14(23)15(16(18,19)20,28(24,26-5-2)27-6-3)21-13(22)11-9-7-8-10-12(11)17/h7-10H,4-6H2,1-3H3,(H,21,22). The molecule has 0 aromatic heterocycles. The summed E-state index contributed by atoms with van der Waals surface area (Å²) in [7, 11) is -5.33. The zero-order valence-electron chi connectivity index (χ0n) is 15.3. The molecule has 0 radical (unpaired) electrons. The van der Waals surface area contributed by atoms with Gasteiger partial charge in [0.1, 0.15) is 0 Å². The van der Waals surface area contributed by atoms with Gasteiger partial charge < -0.3 is 19.1 Å². The summed E-state index contributed by atoms with van der Waals surface area (Å²) in [6, 6.07) is 5.20. The van der Waals surface area contributed by atoms with Crippen molar-refractivity contribution >= 4 is 31.1 Å². The molecule has 7 nitrogen and oxygen atoms in total. The molecule has 0 spiro atoms. The number of rotatable bonds is 9. The van der Waals surface area contributed by atoms with Gasteiger partial charge in [0, 0.05) is 0 Å². The van der Waals surface area contributed by atoms with E-state index in [0.29, 0.717) is 0 Å². The number of alkyl halides is 3. The van der Waals surface area contributed by atoms with Crippen molar-refractivity contribution in [1.29, 1.82) is 0 Å². The lowest BCUT2D eigenvalue weighted by Gasteiger charge is -2.38. The Morgan fingerprint density at radius 1 is 1.07 bits per heavy atom. The van der Waals surface area contributed by atoms with Crippen molar-refractivity contribution in [2.24, 2.45) is 0 Å². The molecule has 28 heavy (non-hydrogen) atoms. The van der Waals surface area contributed by atoms with E-state index in [4.69, 9.17) is 20.6 Å². The molecule has 1 aromatic carbocycles. The lowest BCUT2D eigenvalue weighted by molar-refractivity contribution is -0.196. The second-order valence-electron chi connectivity index (χ2n) is 5.20. The van der Waals surface area contributed by atoms with Crippen LogP contribution in [0.5, 0.6) is 0 Å². The van der Waals surface area contributed by atoms with Crippen LogP contribution in [-0.2, 0) is 23.1 Å². The third-order valence-corrected chi connectivity index (χ3v) is 6.30. The summed E-state index contributed by atoms with van der Waals surface area (Å²) in [4.78, 5) is 25.0. The Kier molecular flexibility index (Phi) is 8.49. The quantitative estimate of drug-likeness (QED) is 0.453. The molecule has 1 N–H and O–H groups in total. The van der Waals surface area contributed by atoms with Crippen molar-refractivity contribution in [2.45, 2.75) is 32.2 Å². The molecule has 1 aromatic rings. The smallest absolute Gasteiger partial charge is 0.434 e. The molecule has 1 atom stereocenters. The molecule has 1 unspecified atom stereocenters. The Bertz CT molecular complexity index is 750. The molecule has 158 valence electrons. The first-order valence-corrected chi connectivity index (χ1v) is 10.1. The number of benzene rings is 1. The maximum atomic E-state index is 14.2. The number of ether oxygens (including phenoxy) is 1. The zero-order valence-corrected chi connectivity index (χ0v) is 17.0. The second kappa shape index (κ2) is 9.73. The van der Waals surface area contributed by atoms with Crippen molar-refractivity contribution in [3.8, 4) is 0 Å². The number of halogens is 4. The minimum absolute atomic E-state index is 0.178. The second-order valence-corrected chi connectivity index (χ2v) is 7.78. The SMILES string of the molecule is CCOC(=O)C(NC(=O)c1ccccc1Cl)(C(F)(F)F)P(=O)(OCC)OCC. The Balaban J connectivity index is 3.69. The Labute approximate surface area is 165 Å². The summed E-state index contributed by atoms with van der Waals surface area (Å²) in [6.45, 7) is 2.31. The van der Waals surface area contributed by atoms with Gasteiger partial charge in [-0.3, -0.25) is 9.36 Å². The Morgan fingerprint density at radius 2 is 1.61 bits per heavy atom. The van der Waals surface area contributed by atoms with Gasteiger partial charge in [0.15, 0.2) is 0 Å². The highest BCUT2D eigenvalue weighted by Crippen LogP contribution is 2.64. The van der Waals surface area contributed by atoms with Crippen LogP contribution in [0.15, 0.2) is 24.3 Å². The summed E-state index contributed by atoms with van der Waals surface area (Å²) < 4.78 is 69.7. The summed E-state index contributed by atoms with van der Waals surface area (Å²) in [6.07, 6.45) is -5.59. The van der Waals surface area contributed by atoms with Gasteiger partial charge in [-0.2, -0.15) is 13.2 Å². The predicted octanol–water partition coefficient (Wildman–Crippen LogP) is 4.16. The molecule has 0 saturated heterocycles. The fourth-order valence-electron chi connectivity index (χ4n) is 2.26. The number of carbonyl (C=O) groups excluding carboxylic acids is 2. The highest BCUT2D eigenvalue weighted by Gasteiger charge is 2.75. The van der Waals surface area contributed by atoms with E-state index in [1.165, 1.54) is 44.3 Å². The van der Waals surface area contributed by atoms with Crippen LogP contribution in [0.3, 0.4) is 0 Å². The third kappa shape index (κ3) is 4.68. The number of carbonyl (C=O) groups is 2. The Morgan fingerprint density at radius 3 is 2.04 bits per heavy atom. The minimum atomic E-state index is -5.59. The number of hydrogen-bond donors (Lipinski definition) is 1. The third-order valence-electron chi connectivity index (χ3n) is 3.40. The van der Waals surface area contributed by atoms with Crippen molar-refractivity contribution in [3.05, 3.63) is 34.9 Å². The van der Waals surface area contributed by atoms with Gasteiger partial charge in [0.05, 0.1) is 30.4 Å². The zero-order chi connectivity index (χ0) is 21.6. The molecule has 1 amide bonds. The van der Waals surface area contributed by atoms with Crippen molar-refractivity contribution in [3.63, 3.8) is 0 Å². The van der Waals surface area contributed by atoms with Crippen LogP contribution in [0.4, 0.5) is 13.2 Å². The Hall–Kier alpha value is -1.61. The molecule has 0 aliphatic rings. The van der Waals surface area contributed by atoms with Crippen LogP contribution >= 0.6 is 19.2 Å². The molecule has 0 heterocycles. The number of esters is 1. The maximum absolute atomic E-state index is 14.2. The fourth-order valence-corrected chi connectivity index (χ4v) is 4.46. The number of hydrogen-bond acceptors (Lipinski definition) is 6. The molecule has 0 aliphatic carbocycles. The van der Waals surface area contributed by atoms with Gasteiger partial charge in [-0.25, -0.2) is 4.79 Å². The van der Waals surface area contributed by atoms with Crippen LogP contribution in [0.1, 0.15) is 31.1 Å². The molecule has 0 saturated carbocycles. The monoisotopic (exact) mass is 445 g/mol. The van der Waals surface area contributed by atoms with E-state index in [9.17, 15) is 27.3 Å². The van der Waals surface area contributed by atoms with Crippen LogP contribution < -0.4 is 5.32 Å². The predicted molar refractivity (Wildman–Crippen MR) is 95.2 cm³/mol. The van der Waals surface area contributed by atoms with E-state index in [-0.39, 0.29) is 10.6 Å². The first-order chi connectivity index (χ1) is 13.0. The van der Waals surface area contributed by atoms with Crippen molar-refractivity contribution < 1.29 is 41.1 Å². The van der Waals surface area contributed by atoms with Gasteiger partial charge in [0.25, 0.3) is 5.91 Å². The largest absolute Gasteiger partial charge is 0.463 e. The van der Waals surface area contributed by atoms with Crippen molar-refractivity contribution in [1.82, 2.24) is 5.32 Å². The number of nitrogens with one attached hydrogen (secondary N) is 1. The van der Waals surface area contributed by atoms with E-state index in [2.05, 4.69) is 4.74 Å². The van der Waals surface area contributed by atoms with Crippen LogP contribution in [-0.4, -0.2) is 43.2 Å². The van der Waals surface area contributed by atoms with Gasteiger partial charge >= 0.3 is 25.0 Å². The van der Waals surface area contributed by atoms with E-state index in [0.717, 1.165) is 6.07 Å². The lowest BCUT2D eigenvalue weighted by Crippen LogP contribution is -2.64. The van der Waals surface area contributed by atoms with Gasteiger partial charge in [0.2, 0.25) is 0 Å². The average Bonchev–Trinajstić information content (AvgIpc) is 2.59. The van der Waals surface area contributed by atoms with E-state index in [1.807, 2.05) is 0 Å². The van der Waals surface area contributed by atoms with E-state index >= 15 is 0 Å². The summed E-state index contributed by atoms with van der Waals surface area (Å²) >= 11 is 5.85. The van der Waals surface area contributed by atoms with Crippen molar-refractivity contribution in [2.75, 3.05) is 19.8 Å². The van der Waals surface area contributed by atoms with Gasteiger partial charge in [-0.15, -0.1) is 0 Å². The maximum Gasteiger partial charge on any atom is 0.434 e. The minimum Gasteiger partial charge on any atom is -0.463 e. The first-order valence-electron chi connectivity index (χ1n) is 8.20. The van der Waals surface area contributed by atoms with Crippen LogP contribution in [0, 0.1) is 0 Å². The molecule has 12 heteroatoms. The molecule has 0 fully saturated rings. The summed E-state index contributed by atoms with van der Waals surface area (Å²) in [5.74, 6) is -3.43. The molecule has 0 bridgehead atoms. The number of amides is 1. The fraction of sp³-hybridized carbons (Fsp3) is 0.500. The highest BCUT2D eigenvalue weighted by molar-refractivity contribution is 7.57. The lowest BCUT2D eigenvalue weighted by atomic mass is 10.2. The normalized spacial score (nSPS) is 14.2. The molecule has 1 rings (SSSR count). The molecular weight excluding hydrogens is 426 g/mol. The van der Waals surface area contributed by atoms with E-state index in [1.54, 1.807) is 0 Å². The molecule has 0 aliphatic heterocycles. The summed E-state index contributed by atoms with van der Waals surface area (Å²) in [5, 5.41) is -2.78. The first kappa shape index (κ1) is 24.4. The van der Waals surface area contributed by atoms with Gasteiger partial charge in [-0.1, -0.05) is 23.7 Å². The van der Waals surface area contributed by atoms with Crippen LogP contribution in [0.2, 0.25) is 5.02 Å². The average molecular weight is 446 g/mol. The highest BCUT2D eigenvalue weighted by atomic mass is 35.5. The molecular formula is C16H20ClF3NO6P. The van der Waals surface area contributed by atoms with Crippen LogP contribution in [0.25, 0.3) is 0 Å². The van der Waals surface area contributed by atoms with Gasteiger partial charge in [-0.05, 0) is 32.9 Å². The topological polar surface area (TPSA) is 90.9 Å². The summed E-state index contributed by atoms with van der Waals surface area (Å²) in [5.41, 5.74) is -0.373.